The first-order valence-corrected chi connectivity index (χ1v) is 10.5. The quantitative estimate of drug-likeness (QED) is 0.870. The number of benzene rings is 1. The van der Waals surface area contributed by atoms with Crippen molar-refractivity contribution in [3.63, 3.8) is 0 Å². The second kappa shape index (κ2) is 7.56. The van der Waals surface area contributed by atoms with Crippen LogP contribution >= 0.6 is 0 Å². The minimum absolute atomic E-state index is 0.318. The highest BCUT2D eigenvalue weighted by Crippen LogP contribution is 2.23. The van der Waals surface area contributed by atoms with Gasteiger partial charge in [-0.3, -0.25) is 0 Å². The molecule has 1 aliphatic rings. The lowest BCUT2D eigenvalue weighted by Gasteiger charge is -2.34. The molecular formula is C19H30N2O4S. The molecule has 2 rings (SSSR count). The van der Waals surface area contributed by atoms with Crippen molar-refractivity contribution in [1.29, 1.82) is 0 Å². The van der Waals surface area contributed by atoms with E-state index < -0.39 is 21.7 Å². The highest BCUT2D eigenvalue weighted by atomic mass is 32.2. The number of rotatable bonds is 3. The van der Waals surface area contributed by atoms with Crippen LogP contribution in [0.15, 0.2) is 17.0 Å². The predicted octanol–water partition coefficient (Wildman–Crippen LogP) is 3.29. The molecular weight excluding hydrogens is 352 g/mol. The maximum absolute atomic E-state index is 12.9. The summed E-state index contributed by atoms with van der Waals surface area (Å²) >= 11 is 0. The van der Waals surface area contributed by atoms with Crippen LogP contribution in [-0.4, -0.2) is 44.1 Å². The van der Waals surface area contributed by atoms with Crippen molar-refractivity contribution in [3.8, 4) is 0 Å². The van der Waals surface area contributed by atoms with Crippen LogP contribution in [0.3, 0.4) is 0 Å². The Hall–Kier alpha value is -1.60. The molecule has 1 fully saturated rings. The number of carbonyl (C=O) groups is 1. The Morgan fingerprint density at radius 3 is 2.31 bits per heavy atom. The van der Waals surface area contributed by atoms with Crippen LogP contribution in [0.2, 0.25) is 0 Å². The Bertz CT molecular complexity index is 758. The van der Waals surface area contributed by atoms with E-state index in [9.17, 15) is 13.2 Å². The van der Waals surface area contributed by atoms with Crippen LogP contribution in [-0.2, 0) is 14.8 Å². The minimum atomic E-state index is -3.65. The first kappa shape index (κ1) is 20.7. The molecule has 0 bridgehead atoms. The van der Waals surface area contributed by atoms with Gasteiger partial charge < -0.3 is 9.64 Å². The van der Waals surface area contributed by atoms with Gasteiger partial charge in [-0.1, -0.05) is 17.7 Å². The van der Waals surface area contributed by atoms with Gasteiger partial charge in [-0.05, 0) is 65.5 Å². The van der Waals surface area contributed by atoms with Crippen LogP contribution < -0.4 is 4.72 Å². The fourth-order valence-corrected chi connectivity index (χ4v) is 5.15. The van der Waals surface area contributed by atoms with Gasteiger partial charge in [-0.25, -0.2) is 17.9 Å². The number of nitrogens with zero attached hydrogens (tertiary/aromatic N) is 1. The summed E-state index contributed by atoms with van der Waals surface area (Å²) in [7, 11) is -3.65. The number of hydrogen-bond donors (Lipinski definition) is 1. The van der Waals surface area contributed by atoms with E-state index in [1.165, 1.54) is 0 Å². The van der Waals surface area contributed by atoms with E-state index in [0.29, 0.717) is 24.4 Å². The summed E-state index contributed by atoms with van der Waals surface area (Å²) in [4.78, 5) is 14.2. The number of amides is 1. The lowest BCUT2D eigenvalue weighted by molar-refractivity contribution is 0.0195. The van der Waals surface area contributed by atoms with E-state index in [4.69, 9.17) is 4.74 Å². The third kappa shape index (κ3) is 5.20. The molecule has 0 spiro atoms. The fourth-order valence-electron chi connectivity index (χ4n) is 3.43. The molecule has 0 aromatic heterocycles. The maximum atomic E-state index is 12.9. The van der Waals surface area contributed by atoms with E-state index >= 15 is 0 Å². The van der Waals surface area contributed by atoms with Crippen molar-refractivity contribution in [3.05, 3.63) is 28.8 Å². The van der Waals surface area contributed by atoms with Crippen molar-refractivity contribution in [1.82, 2.24) is 9.62 Å². The highest BCUT2D eigenvalue weighted by Gasteiger charge is 2.31. The summed E-state index contributed by atoms with van der Waals surface area (Å²) in [5.41, 5.74) is 1.93. The van der Waals surface area contributed by atoms with Crippen LogP contribution in [0.4, 0.5) is 4.79 Å². The van der Waals surface area contributed by atoms with Gasteiger partial charge in [-0.2, -0.15) is 0 Å². The standard InChI is InChI=1S/C19H30N2O4S/c1-13-10-14(2)17(15(3)11-13)26(23,24)20-16-8-7-9-21(12-16)18(22)25-19(4,5)6/h10-11,16,20H,7-9,12H2,1-6H3/t16-/m0/s1. The molecule has 1 aromatic rings. The van der Waals surface area contributed by atoms with Crippen molar-refractivity contribution in [2.45, 2.75) is 70.9 Å². The number of hydrogen-bond acceptors (Lipinski definition) is 4. The molecule has 6 nitrogen and oxygen atoms in total. The van der Waals surface area contributed by atoms with Crippen LogP contribution in [0.1, 0.15) is 50.3 Å². The monoisotopic (exact) mass is 382 g/mol. The van der Waals surface area contributed by atoms with Gasteiger partial charge in [-0.15, -0.1) is 0 Å². The fraction of sp³-hybridized carbons (Fsp3) is 0.632. The maximum Gasteiger partial charge on any atom is 0.410 e. The SMILES string of the molecule is Cc1cc(C)c(S(=O)(=O)N[C@H]2CCCN(C(=O)OC(C)(C)C)C2)c(C)c1. The summed E-state index contributed by atoms with van der Waals surface area (Å²) in [5.74, 6) is 0. The van der Waals surface area contributed by atoms with E-state index in [2.05, 4.69) is 4.72 Å². The molecule has 1 aromatic carbocycles. The van der Waals surface area contributed by atoms with E-state index in [0.717, 1.165) is 23.1 Å². The predicted molar refractivity (Wildman–Crippen MR) is 102 cm³/mol. The zero-order chi connectivity index (χ0) is 19.7. The first-order valence-electron chi connectivity index (χ1n) is 8.97. The number of likely N-dealkylation sites (tertiary alicyclic amines) is 1. The van der Waals surface area contributed by atoms with Crippen molar-refractivity contribution in [2.75, 3.05) is 13.1 Å². The highest BCUT2D eigenvalue weighted by molar-refractivity contribution is 7.89. The normalized spacial score (nSPS) is 18.7. The average molecular weight is 383 g/mol. The Morgan fingerprint density at radius 2 is 1.77 bits per heavy atom. The zero-order valence-corrected chi connectivity index (χ0v) is 17.4. The number of nitrogens with one attached hydrogen (secondary N) is 1. The molecule has 0 radical (unpaired) electrons. The molecule has 0 unspecified atom stereocenters. The number of aryl methyl sites for hydroxylation is 3. The van der Waals surface area contributed by atoms with E-state index in [1.807, 2.05) is 53.7 Å². The molecule has 0 saturated carbocycles. The summed E-state index contributed by atoms with van der Waals surface area (Å²) in [5, 5.41) is 0. The van der Waals surface area contributed by atoms with E-state index in [-0.39, 0.29) is 6.04 Å². The Balaban J connectivity index is 2.14. The summed E-state index contributed by atoms with van der Waals surface area (Å²) in [6, 6.07) is 3.42. The number of piperidine rings is 1. The Kier molecular flexibility index (Phi) is 6.02. The van der Waals surface area contributed by atoms with Crippen LogP contribution in [0.25, 0.3) is 0 Å². The molecule has 1 aliphatic heterocycles. The summed E-state index contributed by atoms with van der Waals surface area (Å²) in [6.45, 7) is 11.9. The van der Waals surface area contributed by atoms with Gasteiger partial charge in [0.05, 0.1) is 4.90 Å². The molecule has 146 valence electrons. The third-order valence-corrected chi connectivity index (χ3v) is 6.09. The number of sulfonamides is 1. The molecule has 26 heavy (non-hydrogen) atoms. The first-order chi connectivity index (χ1) is 11.9. The summed E-state index contributed by atoms with van der Waals surface area (Å²) < 4.78 is 34.0. The second-order valence-electron chi connectivity index (χ2n) is 8.11. The molecule has 7 heteroatoms. The lowest BCUT2D eigenvalue weighted by Crippen LogP contribution is -2.50. The molecule has 0 aliphatic carbocycles. The molecule has 1 atom stereocenters. The summed E-state index contributed by atoms with van der Waals surface area (Å²) in [6.07, 6.45) is 1.03. The average Bonchev–Trinajstić information content (AvgIpc) is 2.43. The van der Waals surface area contributed by atoms with Crippen molar-refractivity contribution >= 4 is 16.1 Å². The van der Waals surface area contributed by atoms with Gasteiger partial charge in [0.25, 0.3) is 0 Å². The van der Waals surface area contributed by atoms with Gasteiger partial charge >= 0.3 is 6.09 Å². The Labute approximate surface area is 157 Å². The lowest BCUT2D eigenvalue weighted by atomic mass is 10.1. The minimum Gasteiger partial charge on any atom is -0.444 e. The van der Waals surface area contributed by atoms with Crippen LogP contribution in [0, 0.1) is 20.8 Å². The zero-order valence-electron chi connectivity index (χ0n) is 16.5. The molecule has 1 amide bonds. The molecule has 1 saturated heterocycles. The van der Waals surface area contributed by atoms with Crippen molar-refractivity contribution < 1.29 is 17.9 Å². The second-order valence-corrected chi connectivity index (χ2v) is 9.77. The van der Waals surface area contributed by atoms with Gasteiger partial charge in [0.1, 0.15) is 5.60 Å². The number of carbonyl (C=O) groups excluding carboxylic acids is 1. The van der Waals surface area contributed by atoms with Gasteiger partial charge in [0, 0.05) is 19.1 Å². The van der Waals surface area contributed by atoms with Gasteiger partial charge in [0.15, 0.2) is 0 Å². The topological polar surface area (TPSA) is 75.7 Å². The smallest absolute Gasteiger partial charge is 0.410 e. The van der Waals surface area contributed by atoms with Crippen molar-refractivity contribution in [2.24, 2.45) is 0 Å². The van der Waals surface area contributed by atoms with Gasteiger partial charge in [0.2, 0.25) is 10.0 Å². The molecule has 1 heterocycles. The number of ether oxygens (including phenoxy) is 1. The van der Waals surface area contributed by atoms with Crippen LogP contribution in [0.5, 0.6) is 0 Å². The third-order valence-electron chi connectivity index (χ3n) is 4.27. The largest absolute Gasteiger partial charge is 0.444 e. The molecule has 1 N–H and O–H groups in total. The Morgan fingerprint density at radius 1 is 1.19 bits per heavy atom. The van der Waals surface area contributed by atoms with E-state index in [1.54, 1.807) is 4.90 Å².